The Morgan fingerprint density at radius 2 is 2.20 bits per heavy atom. The molecule has 0 aliphatic heterocycles. The van der Waals surface area contributed by atoms with Crippen molar-refractivity contribution < 1.29 is 14.9 Å². The molecule has 1 rings (SSSR count). The molecular formula is C11H15ClO3. The van der Waals surface area contributed by atoms with Gasteiger partial charge in [0.05, 0.1) is 17.7 Å². The van der Waals surface area contributed by atoms with Crippen molar-refractivity contribution in [3.8, 4) is 5.75 Å². The Hall–Kier alpha value is -0.770. The van der Waals surface area contributed by atoms with Crippen LogP contribution >= 0.6 is 11.6 Å². The van der Waals surface area contributed by atoms with Crippen molar-refractivity contribution in [2.24, 2.45) is 0 Å². The molecule has 0 aromatic heterocycles. The summed E-state index contributed by atoms with van der Waals surface area (Å²) in [5.74, 6) is 0.578. The van der Waals surface area contributed by atoms with Gasteiger partial charge in [-0.1, -0.05) is 17.7 Å². The highest BCUT2D eigenvalue weighted by molar-refractivity contribution is 6.32. The molecule has 0 radical (unpaired) electrons. The van der Waals surface area contributed by atoms with Gasteiger partial charge in [-0.3, -0.25) is 0 Å². The second-order valence-corrected chi connectivity index (χ2v) is 3.70. The quantitative estimate of drug-likeness (QED) is 0.763. The summed E-state index contributed by atoms with van der Waals surface area (Å²) in [6.45, 7) is 2.21. The van der Waals surface area contributed by atoms with Gasteiger partial charge in [0.2, 0.25) is 0 Å². The van der Waals surface area contributed by atoms with E-state index in [2.05, 4.69) is 0 Å². The molecule has 1 atom stereocenters. The Kier molecular flexibility index (Phi) is 4.88. The predicted octanol–water partition coefficient (Wildman–Crippen LogP) is 2.15. The highest BCUT2D eigenvalue weighted by atomic mass is 35.5. The number of rotatable bonds is 5. The van der Waals surface area contributed by atoms with Crippen molar-refractivity contribution in [2.45, 2.75) is 19.4 Å². The van der Waals surface area contributed by atoms with E-state index in [1.807, 2.05) is 0 Å². The van der Waals surface area contributed by atoms with E-state index >= 15 is 0 Å². The van der Waals surface area contributed by atoms with Crippen LogP contribution in [0, 0.1) is 0 Å². The van der Waals surface area contributed by atoms with Gasteiger partial charge >= 0.3 is 0 Å². The maximum Gasteiger partial charge on any atom is 0.137 e. The van der Waals surface area contributed by atoms with E-state index in [-0.39, 0.29) is 6.61 Å². The predicted molar refractivity (Wildman–Crippen MR) is 59.3 cm³/mol. The zero-order valence-electron chi connectivity index (χ0n) is 8.61. The Morgan fingerprint density at radius 1 is 1.47 bits per heavy atom. The van der Waals surface area contributed by atoms with E-state index < -0.39 is 6.10 Å². The highest BCUT2D eigenvalue weighted by Crippen LogP contribution is 2.27. The first-order valence-corrected chi connectivity index (χ1v) is 5.24. The fourth-order valence-corrected chi connectivity index (χ4v) is 1.38. The van der Waals surface area contributed by atoms with Gasteiger partial charge in [0.25, 0.3) is 0 Å². The molecule has 1 aromatic carbocycles. The maximum atomic E-state index is 9.32. The molecule has 0 amide bonds. The number of aliphatic hydroxyl groups excluding tert-OH is 2. The lowest BCUT2D eigenvalue weighted by atomic mass is 10.1. The molecule has 0 saturated heterocycles. The van der Waals surface area contributed by atoms with Gasteiger partial charge in [-0.15, -0.1) is 0 Å². The van der Waals surface area contributed by atoms with Crippen molar-refractivity contribution in [3.05, 3.63) is 28.8 Å². The van der Waals surface area contributed by atoms with Crippen LogP contribution in [0.1, 0.15) is 25.0 Å². The summed E-state index contributed by atoms with van der Waals surface area (Å²) in [5.41, 5.74) is 0.759. The van der Waals surface area contributed by atoms with Crippen molar-refractivity contribution in [2.75, 3.05) is 13.2 Å². The number of halogens is 1. The van der Waals surface area contributed by atoms with E-state index in [0.29, 0.717) is 23.8 Å². The van der Waals surface area contributed by atoms with E-state index in [4.69, 9.17) is 21.4 Å². The zero-order valence-corrected chi connectivity index (χ0v) is 9.37. The summed E-state index contributed by atoms with van der Waals surface area (Å²) < 4.78 is 5.34. The van der Waals surface area contributed by atoms with Gasteiger partial charge in [-0.25, -0.2) is 0 Å². The molecule has 0 saturated carbocycles. The molecule has 4 heteroatoms. The van der Waals surface area contributed by atoms with Crippen LogP contribution in [0.5, 0.6) is 5.75 Å². The monoisotopic (exact) mass is 230 g/mol. The third-order valence-electron chi connectivity index (χ3n) is 2.00. The molecule has 0 aliphatic rings. The van der Waals surface area contributed by atoms with Gasteiger partial charge in [0.1, 0.15) is 5.75 Å². The molecule has 0 spiro atoms. The molecule has 2 N–H and O–H groups in total. The van der Waals surface area contributed by atoms with Crippen LogP contribution in [0.15, 0.2) is 18.2 Å². The first kappa shape index (κ1) is 12.3. The van der Waals surface area contributed by atoms with E-state index in [0.717, 1.165) is 5.56 Å². The minimum atomic E-state index is -0.533. The lowest BCUT2D eigenvalue weighted by Crippen LogP contribution is -2.00. The normalized spacial score (nSPS) is 12.5. The van der Waals surface area contributed by atoms with Crippen molar-refractivity contribution in [1.29, 1.82) is 0 Å². The first-order chi connectivity index (χ1) is 7.15. The Bertz CT molecular complexity index is 313. The fraction of sp³-hybridized carbons (Fsp3) is 0.455. The molecule has 0 heterocycles. The van der Waals surface area contributed by atoms with Crippen LogP contribution in [0.3, 0.4) is 0 Å². The van der Waals surface area contributed by atoms with Crippen molar-refractivity contribution in [3.63, 3.8) is 0 Å². The number of benzene rings is 1. The topological polar surface area (TPSA) is 49.7 Å². The zero-order chi connectivity index (χ0) is 11.3. The van der Waals surface area contributed by atoms with Gasteiger partial charge in [0.15, 0.2) is 0 Å². The highest BCUT2D eigenvalue weighted by Gasteiger charge is 2.06. The van der Waals surface area contributed by atoms with Crippen LogP contribution in [0.25, 0.3) is 0 Å². The Labute approximate surface area is 94.3 Å². The second-order valence-electron chi connectivity index (χ2n) is 3.29. The molecule has 3 nitrogen and oxygen atoms in total. The van der Waals surface area contributed by atoms with Gasteiger partial charge in [-0.05, 0) is 24.6 Å². The van der Waals surface area contributed by atoms with Gasteiger partial charge in [0, 0.05) is 13.0 Å². The number of aliphatic hydroxyl groups is 2. The van der Waals surface area contributed by atoms with Crippen LogP contribution in [0.4, 0.5) is 0 Å². The second kappa shape index (κ2) is 5.95. The molecule has 15 heavy (non-hydrogen) atoms. The fourth-order valence-electron chi connectivity index (χ4n) is 1.14. The minimum Gasteiger partial charge on any atom is -0.492 e. The third-order valence-corrected chi connectivity index (χ3v) is 2.29. The summed E-state index contributed by atoms with van der Waals surface area (Å²) in [4.78, 5) is 0. The molecule has 84 valence electrons. The molecule has 0 aliphatic carbocycles. The summed E-state index contributed by atoms with van der Waals surface area (Å²) in [6.07, 6.45) is 0.0445. The lowest BCUT2D eigenvalue weighted by Gasteiger charge is -2.10. The molecule has 1 aromatic rings. The standard InChI is InChI=1S/C11H15ClO3/c1-8(14)9-3-4-11(10(12)7-9)15-6-2-5-13/h3-4,7-8,13-14H,2,5-6H2,1H3/t8-/m1/s1. The van der Waals surface area contributed by atoms with Crippen molar-refractivity contribution >= 4 is 11.6 Å². The SMILES string of the molecule is C[C@@H](O)c1ccc(OCCCO)c(Cl)c1. The summed E-state index contributed by atoms with van der Waals surface area (Å²) in [6, 6.07) is 5.17. The Balaban J connectivity index is 2.66. The van der Waals surface area contributed by atoms with Crippen molar-refractivity contribution in [1.82, 2.24) is 0 Å². The lowest BCUT2D eigenvalue weighted by molar-refractivity contribution is 0.199. The number of ether oxygens (including phenoxy) is 1. The van der Waals surface area contributed by atoms with E-state index in [9.17, 15) is 5.11 Å². The summed E-state index contributed by atoms with van der Waals surface area (Å²) in [5, 5.41) is 18.4. The summed E-state index contributed by atoms with van der Waals surface area (Å²) >= 11 is 5.95. The van der Waals surface area contributed by atoms with Crippen LogP contribution < -0.4 is 4.74 Å². The summed E-state index contributed by atoms with van der Waals surface area (Å²) in [7, 11) is 0. The molecule has 0 bridgehead atoms. The molecular weight excluding hydrogens is 216 g/mol. The van der Waals surface area contributed by atoms with Crippen LogP contribution in [-0.2, 0) is 0 Å². The smallest absolute Gasteiger partial charge is 0.137 e. The first-order valence-electron chi connectivity index (χ1n) is 4.86. The minimum absolute atomic E-state index is 0.101. The Morgan fingerprint density at radius 3 is 2.73 bits per heavy atom. The van der Waals surface area contributed by atoms with E-state index in [1.54, 1.807) is 25.1 Å². The average molecular weight is 231 g/mol. The maximum absolute atomic E-state index is 9.32. The average Bonchev–Trinajstić information content (AvgIpc) is 2.20. The van der Waals surface area contributed by atoms with Crippen LogP contribution in [-0.4, -0.2) is 23.4 Å². The van der Waals surface area contributed by atoms with Crippen LogP contribution in [0.2, 0.25) is 5.02 Å². The third kappa shape index (κ3) is 3.70. The molecule has 0 unspecified atom stereocenters. The van der Waals surface area contributed by atoms with Gasteiger partial charge in [-0.2, -0.15) is 0 Å². The number of hydrogen-bond donors (Lipinski definition) is 2. The van der Waals surface area contributed by atoms with E-state index in [1.165, 1.54) is 0 Å². The molecule has 0 fully saturated rings. The number of hydrogen-bond acceptors (Lipinski definition) is 3. The largest absolute Gasteiger partial charge is 0.492 e. The van der Waals surface area contributed by atoms with Gasteiger partial charge < -0.3 is 14.9 Å².